The second-order valence-electron chi connectivity index (χ2n) is 8.10. The van der Waals surface area contributed by atoms with Crippen LogP contribution in [0.2, 0.25) is 0 Å². The molecule has 0 bridgehead atoms. The molecule has 0 radical (unpaired) electrons. The molecule has 0 spiro atoms. The molecule has 1 saturated heterocycles. The highest BCUT2D eigenvalue weighted by atomic mass is 16.2. The highest BCUT2D eigenvalue weighted by molar-refractivity contribution is 5.93. The number of aromatic amines is 1. The predicted octanol–water partition coefficient (Wildman–Crippen LogP) is 3.19. The number of hydrogen-bond donors (Lipinski definition) is 2. The van der Waals surface area contributed by atoms with Gasteiger partial charge in [0.05, 0.1) is 5.69 Å². The van der Waals surface area contributed by atoms with E-state index in [1.165, 1.54) is 24.8 Å². The van der Waals surface area contributed by atoms with Crippen molar-refractivity contribution in [2.24, 2.45) is 0 Å². The predicted molar refractivity (Wildman–Crippen MR) is 112 cm³/mol. The van der Waals surface area contributed by atoms with Crippen molar-refractivity contribution in [1.29, 1.82) is 0 Å². The number of H-pyrrole nitrogens is 1. The molecule has 1 aliphatic carbocycles. The maximum Gasteiger partial charge on any atom is 0.317 e. The minimum Gasteiger partial charge on any atom is -0.335 e. The normalized spacial score (nSPS) is 18.0. The summed E-state index contributed by atoms with van der Waals surface area (Å²) < 4.78 is 0. The number of aryl methyl sites for hydroxylation is 1. The van der Waals surface area contributed by atoms with Crippen molar-refractivity contribution >= 4 is 11.9 Å². The Hall–Kier alpha value is -2.83. The van der Waals surface area contributed by atoms with E-state index in [0.717, 1.165) is 24.1 Å². The van der Waals surface area contributed by atoms with Crippen LogP contribution in [0.15, 0.2) is 30.3 Å². The first kappa shape index (κ1) is 19.5. The first-order chi connectivity index (χ1) is 14.1. The van der Waals surface area contributed by atoms with Gasteiger partial charge in [0, 0.05) is 37.8 Å². The minimum atomic E-state index is -0.0665. The number of carbonyl (C=O) groups excluding carboxylic acids is 2. The Morgan fingerprint density at radius 2 is 1.66 bits per heavy atom. The van der Waals surface area contributed by atoms with Gasteiger partial charge in [-0.25, -0.2) is 4.79 Å². The fourth-order valence-electron chi connectivity index (χ4n) is 4.10. The third-order valence-electron chi connectivity index (χ3n) is 5.94. The highest BCUT2D eigenvalue weighted by Crippen LogP contribution is 2.20. The first-order valence-electron chi connectivity index (χ1n) is 10.6. The number of piperazine rings is 1. The van der Waals surface area contributed by atoms with Gasteiger partial charge in [-0.1, -0.05) is 49.1 Å². The molecule has 2 aromatic rings. The number of urea groups is 1. The summed E-state index contributed by atoms with van der Waals surface area (Å²) in [4.78, 5) is 28.9. The van der Waals surface area contributed by atoms with Crippen LogP contribution in [-0.4, -0.2) is 64.2 Å². The van der Waals surface area contributed by atoms with E-state index in [1.807, 2.05) is 36.1 Å². The fourth-order valence-corrected chi connectivity index (χ4v) is 4.10. The molecule has 29 heavy (non-hydrogen) atoms. The van der Waals surface area contributed by atoms with Crippen molar-refractivity contribution in [2.75, 3.05) is 26.2 Å². The van der Waals surface area contributed by atoms with Crippen LogP contribution >= 0.6 is 0 Å². The van der Waals surface area contributed by atoms with E-state index in [4.69, 9.17) is 0 Å². The Balaban J connectivity index is 1.31. The number of carbonyl (C=O) groups is 2. The zero-order chi connectivity index (χ0) is 20.2. The van der Waals surface area contributed by atoms with Crippen LogP contribution in [-0.2, 0) is 0 Å². The molecule has 1 aromatic carbocycles. The van der Waals surface area contributed by atoms with Crippen LogP contribution in [0.3, 0.4) is 0 Å². The molecular formula is C22H29N5O2. The van der Waals surface area contributed by atoms with Crippen LogP contribution < -0.4 is 5.32 Å². The SMILES string of the molecule is Cc1ccc(-c2cc(C(=O)N3CCN(C(=O)NC4CCCCC4)CC3)[nH]n2)cc1. The largest absolute Gasteiger partial charge is 0.335 e. The Kier molecular flexibility index (Phi) is 5.83. The summed E-state index contributed by atoms with van der Waals surface area (Å²) in [6.07, 6.45) is 5.82. The topological polar surface area (TPSA) is 81.3 Å². The molecule has 1 aromatic heterocycles. The second-order valence-corrected chi connectivity index (χ2v) is 8.10. The van der Waals surface area contributed by atoms with Crippen molar-refractivity contribution in [3.05, 3.63) is 41.6 Å². The molecule has 3 amide bonds. The van der Waals surface area contributed by atoms with E-state index in [0.29, 0.717) is 37.9 Å². The summed E-state index contributed by atoms with van der Waals surface area (Å²) in [5.74, 6) is -0.0665. The molecule has 154 valence electrons. The van der Waals surface area contributed by atoms with Crippen molar-refractivity contribution in [1.82, 2.24) is 25.3 Å². The summed E-state index contributed by atoms with van der Waals surface area (Å²) in [6.45, 7) is 4.23. The van der Waals surface area contributed by atoms with Crippen LogP contribution in [0.1, 0.15) is 48.2 Å². The lowest BCUT2D eigenvalue weighted by Crippen LogP contribution is -2.54. The second kappa shape index (κ2) is 8.68. The van der Waals surface area contributed by atoms with Crippen LogP contribution in [0.25, 0.3) is 11.3 Å². The maximum absolute atomic E-state index is 12.8. The van der Waals surface area contributed by atoms with Gasteiger partial charge < -0.3 is 15.1 Å². The fraction of sp³-hybridized carbons (Fsp3) is 0.500. The van der Waals surface area contributed by atoms with Gasteiger partial charge in [-0.2, -0.15) is 5.10 Å². The lowest BCUT2D eigenvalue weighted by molar-refractivity contribution is 0.0656. The zero-order valence-corrected chi connectivity index (χ0v) is 17.0. The number of benzene rings is 1. The lowest BCUT2D eigenvalue weighted by atomic mass is 9.96. The summed E-state index contributed by atoms with van der Waals surface area (Å²) in [5.41, 5.74) is 3.42. The third kappa shape index (κ3) is 4.60. The van der Waals surface area contributed by atoms with E-state index in [2.05, 4.69) is 15.5 Å². The number of nitrogens with one attached hydrogen (secondary N) is 2. The molecule has 1 aliphatic heterocycles. The molecule has 2 aliphatic rings. The first-order valence-corrected chi connectivity index (χ1v) is 10.6. The van der Waals surface area contributed by atoms with Gasteiger partial charge in [0.15, 0.2) is 0 Å². The monoisotopic (exact) mass is 395 g/mol. The average Bonchev–Trinajstić information content (AvgIpc) is 3.25. The summed E-state index contributed by atoms with van der Waals surface area (Å²) in [7, 11) is 0. The van der Waals surface area contributed by atoms with Crippen molar-refractivity contribution in [2.45, 2.75) is 45.1 Å². The maximum atomic E-state index is 12.8. The number of aromatic nitrogens is 2. The number of rotatable bonds is 3. The van der Waals surface area contributed by atoms with Gasteiger partial charge in [-0.05, 0) is 25.8 Å². The molecule has 0 atom stereocenters. The van der Waals surface area contributed by atoms with E-state index < -0.39 is 0 Å². The summed E-state index contributed by atoms with van der Waals surface area (Å²) >= 11 is 0. The molecule has 7 heteroatoms. The van der Waals surface area contributed by atoms with Crippen molar-refractivity contribution in [3.63, 3.8) is 0 Å². The van der Waals surface area contributed by atoms with Gasteiger partial charge in [-0.3, -0.25) is 9.89 Å². The molecule has 7 nitrogen and oxygen atoms in total. The molecule has 1 saturated carbocycles. The quantitative estimate of drug-likeness (QED) is 0.837. The van der Waals surface area contributed by atoms with Crippen molar-refractivity contribution < 1.29 is 9.59 Å². The van der Waals surface area contributed by atoms with E-state index in [9.17, 15) is 9.59 Å². The number of amides is 3. The number of nitrogens with zero attached hydrogens (tertiary/aromatic N) is 3. The Morgan fingerprint density at radius 1 is 1.00 bits per heavy atom. The summed E-state index contributed by atoms with van der Waals surface area (Å²) in [6, 6.07) is 10.2. The summed E-state index contributed by atoms with van der Waals surface area (Å²) in [5, 5.41) is 10.3. The molecule has 2 fully saturated rings. The minimum absolute atomic E-state index is 0.00666. The smallest absolute Gasteiger partial charge is 0.317 e. The van der Waals surface area contributed by atoms with Gasteiger partial charge in [-0.15, -0.1) is 0 Å². The van der Waals surface area contributed by atoms with Gasteiger partial charge in [0.1, 0.15) is 5.69 Å². The molecule has 4 rings (SSSR count). The van der Waals surface area contributed by atoms with E-state index in [1.54, 1.807) is 11.0 Å². The van der Waals surface area contributed by atoms with Gasteiger partial charge in [0.25, 0.3) is 5.91 Å². The van der Waals surface area contributed by atoms with Crippen LogP contribution in [0.5, 0.6) is 0 Å². The zero-order valence-electron chi connectivity index (χ0n) is 17.0. The van der Waals surface area contributed by atoms with E-state index >= 15 is 0 Å². The van der Waals surface area contributed by atoms with E-state index in [-0.39, 0.29) is 11.9 Å². The molecule has 2 N–H and O–H groups in total. The molecule has 2 heterocycles. The van der Waals surface area contributed by atoms with Crippen LogP contribution in [0.4, 0.5) is 4.79 Å². The van der Waals surface area contributed by atoms with Gasteiger partial charge >= 0.3 is 6.03 Å². The standard InChI is InChI=1S/C22H29N5O2/c1-16-7-9-17(10-8-16)19-15-20(25-24-19)21(28)26-11-13-27(14-12-26)22(29)23-18-5-3-2-4-6-18/h7-10,15,18H,2-6,11-14H2,1H3,(H,23,29)(H,24,25). The van der Waals surface area contributed by atoms with Crippen LogP contribution in [0, 0.1) is 6.92 Å². The van der Waals surface area contributed by atoms with Crippen molar-refractivity contribution in [3.8, 4) is 11.3 Å². The molecule has 0 unspecified atom stereocenters. The average molecular weight is 396 g/mol. The third-order valence-corrected chi connectivity index (χ3v) is 5.94. The highest BCUT2D eigenvalue weighted by Gasteiger charge is 2.27. The lowest BCUT2D eigenvalue weighted by Gasteiger charge is -2.35. The Labute approximate surface area is 171 Å². The Morgan fingerprint density at radius 3 is 2.34 bits per heavy atom. The molecular weight excluding hydrogens is 366 g/mol. The Bertz CT molecular complexity index is 846. The number of hydrogen-bond acceptors (Lipinski definition) is 3. The van der Waals surface area contributed by atoms with Gasteiger partial charge in [0.2, 0.25) is 0 Å².